The van der Waals surface area contributed by atoms with Crippen molar-refractivity contribution in [3.05, 3.63) is 64.2 Å². The van der Waals surface area contributed by atoms with Crippen LogP contribution in [0.5, 0.6) is 5.75 Å². The Hall–Kier alpha value is -2.89. The summed E-state index contributed by atoms with van der Waals surface area (Å²) in [7, 11) is 1.60. The Morgan fingerprint density at radius 1 is 1.23 bits per heavy atom. The van der Waals surface area contributed by atoms with Gasteiger partial charge >= 0.3 is 0 Å². The fourth-order valence-corrected chi connectivity index (χ4v) is 2.48. The van der Waals surface area contributed by atoms with Crippen molar-refractivity contribution in [3.8, 4) is 5.75 Å². The van der Waals surface area contributed by atoms with Gasteiger partial charge in [-0.25, -0.2) is 0 Å². The molecule has 0 N–H and O–H groups in total. The number of anilines is 1. The number of hydrogen-bond acceptors (Lipinski definition) is 4. The number of nitrogens with zero attached hydrogens (tertiary/aromatic N) is 2. The van der Waals surface area contributed by atoms with Crippen LogP contribution >= 0.6 is 0 Å². The molecule has 1 aliphatic rings. The summed E-state index contributed by atoms with van der Waals surface area (Å²) in [6.45, 7) is 0. The number of carbonyl (C=O) groups is 1. The van der Waals surface area contributed by atoms with E-state index in [1.807, 2.05) is 30.3 Å². The summed E-state index contributed by atoms with van der Waals surface area (Å²) < 4.78 is 5.74. The van der Waals surface area contributed by atoms with Gasteiger partial charge in [-0.1, -0.05) is 30.3 Å². The van der Waals surface area contributed by atoms with Crippen molar-refractivity contribution in [2.45, 2.75) is 12.5 Å². The molecule has 0 bridgehead atoms. The molecule has 1 unspecified atom stereocenters. The van der Waals surface area contributed by atoms with E-state index in [4.69, 9.17) is 4.74 Å². The van der Waals surface area contributed by atoms with Gasteiger partial charge in [-0.3, -0.25) is 14.9 Å². The van der Waals surface area contributed by atoms with Gasteiger partial charge < -0.3 is 9.64 Å². The molecule has 0 fully saturated rings. The summed E-state index contributed by atoms with van der Waals surface area (Å²) in [5.74, 6) is 0.269. The maximum Gasteiger partial charge on any atom is 0.271 e. The predicted octanol–water partition coefficient (Wildman–Crippen LogP) is 2.56. The van der Waals surface area contributed by atoms with Crippen LogP contribution in [0.3, 0.4) is 0 Å². The van der Waals surface area contributed by atoms with Crippen LogP contribution in [0.2, 0.25) is 0 Å². The number of nitro groups is 1. The quantitative estimate of drug-likeness (QED) is 0.645. The van der Waals surface area contributed by atoms with Crippen molar-refractivity contribution < 1.29 is 14.5 Å². The maximum absolute atomic E-state index is 12.4. The normalized spacial score (nSPS) is 16.9. The van der Waals surface area contributed by atoms with Crippen LogP contribution in [-0.4, -0.2) is 24.0 Å². The number of hydrogen-bond donors (Lipinski definition) is 0. The summed E-state index contributed by atoms with van der Waals surface area (Å²) in [6.07, 6.45) is -0.165. The lowest BCUT2D eigenvalue weighted by Crippen LogP contribution is -2.44. The molecular weight excluding hydrogens is 284 g/mol. The Balaban J connectivity index is 1.90. The minimum absolute atomic E-state index is 0.0662. The summed E-state index contributed by atoms with van der Waals surface area (Å²) >= 11 is 0. The Morgan fingerprint density at radius 3 is 2.64 bits per heavy atom. The van der Waals surface area contributed by atoms with Crippen LogP contribution in [-0.2, 0) is 11.2 Å². The minimum atomic E-state index is -0.624. The number of carbonyl (C=O) groups excluding carboxylic acids is 1. The van der Waals surface area contributed by atoms with E-state index in [0.29, 0.717) is 17.9 Å². The van der Waals surface area contributed by atoms with E-state index in [2.05, 4.69) is 0 Å². The molecule has 0 aromatic heterocycles. The first-order chi connectivity index (χ1) is 10.6. The molecular formula is C16H14N2O4. The van der Waals surface area contributed by atoms with Gasteiger partial charge in [0.25, 0.3) is 11.6 Å². The molecule has 1 aliphatic heterocycles. The number of amides is 1. The SMILES string of the molecule is CN1C(=O)C(Cc2ccccc2)Oc2ccc([N+](=O)[O-])cc21. The van der Waals surface area contributed by atoms with Crippen molar-refractivity contribution in [1.29, 1.82) is 0 Å². The predicted molar refractivity (Wildman–Crippen MR) is 81.1 cm³/mol. The van der Waals surface area contributed by atoms with Gasteiger partial charge in [-0.15, -0.1) is 0 Å². The van der Waals surface area contributed by atoms with E-state index in [9.17, 15) is 14.9 Å². The highest BCUT2D eigenvalue weighted by Gasteiger charge is 2.33. The van der Waals surface area contributed by atoms with Gasteiger partial charge in [0.15, 0.2) is 6.10 Å². The zero-order valence-electron chi connectivity index (χ0n) is 11.9. The van der Waals surface area contributed by atoms with Gasteiger partial charge in [-0.2, -0.15) is 0 Å². The van der Waals surface area contributed by atoms with Crippen LogP contribution in [0.25, 0.3) is 0 Å². The van der Waals surface area contributed by atoms with E-state index < -0.39 is 11.0 Å². The van der Waals surface area contributed by atoms with Crippen LogP contribution in [0.4, 0.5) is 11.4 Å². The van der Waals surface area contributed by atoms with E-state index >= 15 is 0 Å². The number of fused-ring (bicyclic) bond motifs is 1. The van der Waals surface area contributed by atoms with Gasteiger partial charge in [-0.05, 0) is 11.6 Å². The lowest BCUT2D eigenvalue weighted by Gasteiger charge is -2.31. The third-order valence-electron chi connectivity index (χ3n) is 3.65. The monoisotopic (exact) mass is 298 g/mol. The lowest BCUT2D eigenvalue weighted by molar-refractivity contribution is -0.384. The number of non-ortho nitro benzene ring substituents is 1. The van der Waals surface area contributed by atoms with E-state index in [-0.39, 0.29) is 11.6 Å². The molecule has 2 aromatic carbocycles. The average molecular weight is 298 g/mol. The number of nitro benzene ring substituents is 1. The molecule has 1 amide bonds. The highest BCUT2D eigenvalue weighted by molar-refractivity contribution is 6.00. The largest absolute Gasteiger partial charge is 0.478 e. The standard InChI is InChI=1S/C16H14N2O4/c1-17-13-10-12(18(20)21)7-8-14(13)22-15(16(17)19)9-11-5-3-2-4-6-11/h2-8,10,15H,9H2,1H3. The summed E-state index contributed by atoms with van der Waals surface area (Å²) in [5.41, 5.74) is 1.35. The zero-order valence-corrected chi connectivity index (χ0v) is 11.9. The Kier molecular flexibility index (Phi) is 3.50. The van der Waals surface area contributed by atoms with Crippen LogP contribution < -0.4 is 9.64 Å². The molecule has 2 aromatic rings. The Bertz CT molecular complexity index is 730. The molecule has 3 rings (SSSR count). The van der Waals surface area contributed by atoms with Gasteiger partial charge in [0.05, 0.1) is 10.6 Å². The van der Waals surface area contributed by atoms with Crippen molar-refractivity contribution in [3.63, 3.8) is 0 Å². The van der Waals surface area contributed by atoms with Crippen molar-refractivity contribution in [1.82, 2.24) is 0 Å². The summed E-state index contributed by atoms with van der Waals surface area (Å²) in [5, 5.41) is 10.8. The highest BCUT2D eigenvalue weighted by Crippen LogP contribution is 2.36. The van der Waals surface area contributed by atoms with E-state index in [1.165, 1.54) is 23.1 Å². The van der Waals surface area contributed by atoms with Gasteiger partial charge in [0.2, 0.25) is 0 Å². The van der Waals surface area contributed by atoms with E-state index in [1.54, 1.807) is 7.05 Å². The Labute approximate surface area is 127 Å². The third kappa shape index (κ3) is 2.50. The summed E-state index contributed by atoms with van der Waals surface area (Å²) in [6, 6.07) is 13.9. The number of benzene rings is 2. The molecule has 6 nitrogen and oxygen atoms in total. The molecule has 6 heteroatoms. The first kappa shape index (κ1) is 14.1. The van der Waals surface area contributed by atoms with Gasteiger partial charge in [0, 0.05) is 25.6 Å². The lowest BCUT2D eigenvalue weighted by atomic mass is 10.0. The first-order valence-electron chi connectivity index (χ1n) is 6.83. The number of rotatable bonds is 3. The minimum Gasteiger partial charge on any atom is -0.478 e. The molecule has 112 valence electrons. The fraction of sp³-hybridized carbons (Fsp3) is 0.188. The molecule has 0 aliphatic carbocycles. The molecule has 1 atom stereocenters. The van der Waals surface area contributed by atoms with Crippen molar-refractivity contribution in [2.24, 2.45) is 0 Å². The molecule has 0 radical (unpaired) electrons. The Morgan fingerprint density at radius 2 is 1.95 bits per heavy atom. The van der Waals surface area contributed by atoms with Crippen LogP contribution in [0.1, 0.15) is 5.56 Å². The highest BCUT2D eigenvalue weighted by atomic mass is 16.6. The molecule has 0 saturated carbocycles. The van der Waals surface area contributed by atoms with Crippen LogP contribution in [0, 0.1) is 10.1 Å². The molecule has 0 spiro atoms. The van der Waals surface area contributed by atoms with E-state index in [0.717, 1.165) is 5.56 Å². The average Bonchev–Trinajstić information content (AvgIpc) is 2.53. The van der Waals surface area contributed by atoms with Crippen LogP contribution in [0.15, 0.2) is 48.5 Å². The topological polar surface area (TPSA) is 72.7 Å². The molecule has 22 heavy (non-hydrogen) atoms. The zero-order chi connectivity index (χ0) is 15.7. The fourth-order valence-electron chi connectivity index (χ4n) is 2.48. The molecule has 0 saturated heterocycles. The summed E-state index contributed by atoms with van der Waals surface area (Å²) in [4.78, 5) is 24.2. The number of likely N-dealkylation sites (N-methyl/N-ethyl adjacent to an activating group) is 1. The number of ether oxygens (including phenoxy) is 1. The third-order valence-corrected chi connectivity index (χ3v) is 3.65. The second-order valence-electron chi connectivity index (χ2n) is 5.10. The second kappa shape index (κ2) is 5.48. The smallest absolute Gasteiger partial charge is 0.271 e. The second-order valence-corrected chi connectivity index (χ2v) is 5.10. The van der Waals surface area contributed by atoms with Crippen molar-refractivity contribution >= 4 is 17.3 Å². The first-order valence-corrected chi connectivity index (χ1v) is 6.83. The maximum atomic E-state index is 12.4. The molecule has 1 heterocycles. The van der Waals surface area contributed by atoms with Crippen molar-refractivity contribution in [2.75, 3.05) is 11.9 Å². The van der Waals surface area contributed by atoms with Gasteiger partial charge in [0.1, 0.15) is 5.75 Å².